The second-order valence-electron chi connectivity index (χ2n) is 10.5. The minimum absolute atomic E-state index is 0.374. The van der Waals surface area contributed by atoms with Crippen LogP contribution >= 0.6 is 0 Å². The van der Waals surface area contributed by atoms with Crippen molar-refractivity contribution in [3.63, 3.8) is 0 Å². The van der Waals surface area contributed by atoms with Gasteiger partial charge >= 0.3 is 0 Å². The minimum atomic E-state index is -0.588. The van der Waals surface area contributed by atoms with Crippen molar-refractivity contribution in [2.24, 2.45) is 5.92 Å². The van der Waals surface area contributed by atoms with E-state index in [-0.39, 0.29) is 0 Å². The second kappa shape index (κ2) is 11.1. The molecule has 2 aliphatic carbocycles. The van der Waals surface area contributed by atoms with E-state index in [9.17, 15) is 5.11 Å². The minimum Gasteiger partial charge on any atom is -0.491 e. The number of hydrogen-bond acceptors (Lipinski definition) is 4. The number of ether oxygens (including phenoxy) is 1. The smallest absolute Gasteiger partial charge is 0.145 e. The van der Waals surface area contributed by atoms with E-state index in [4.69, 9.17) is 4.74 Å². The van der Waals surface area contributed by atoms with Crippen molar-refractivity contribution < 1.29 is 9.84 Å². The molecule has 0 aliphatic heterocycles. The zero-order valence-corrected chi connectivity index (χ0v) is 21.4. The molecule has 2 N–H and O–H groups in total. The number of hydrogen-bond donors (Lipinski definition) is 2. The number of aliphatic hydroxyl groups is 1. The molecule has 0 bridgehead atoms. The number of pyridine rings is 1. The van der Waals surface area contributed by atoms with Gasteiger partial charge in [-0.25, -0.2) is 0 Å². The summed E-state index contributed by atoms with van der Waals surface area (Å²) in [6, 6.07) is 13.2. The summed E-state index contributed by atoms with van der Waals surface area (Å²) in [5.74, 6) is 1.48. The number of rotatable bonds is 9. The van der Waals surface area contributed by atoms with Gasteiger partial charge in [0, 0.05) is 24.2 Å². The maximum atomic E-state index is 11.2. The number of aliphatic hydroxyl groups excluding tert-OH is 1. The number of aromatic nitrogens is 1. The Morgan fingerprint density at radius 3 is 2.40 bits per heavy atom. The van der Waals surface area contributed by atoms with Gasteiger partial charge in [0.25, 0.3) is 0 Å². The lowest BCUT2D eigenvalue weighted by atomic mass is 9.90. The largest absolute Gasteiger partial charge is 0.491 e. The van der Waals surface area contributed by atoms with Gasteiger partial charge in [0.15, 0.2) is 0 Å². The van der Waals surface area contributed by atoms with E-state index in [2.05, 4.69) is 42.3 Å². The van der Waals surface area contributed by atoms with E-state index >= 15 is 0 Å². The standard InChI is InChI=1S/C31H40N2O2/c1-3-22-15-24-17-26(18-25(24)16-23(22)4-2)33-19-29(34)27-12-13-30(31-28(27)11-8-14-32-31)35-20-21-9-6-5-7-10-21/h8,11-16,21,26,29,33-34H,3-7,9-10,17-20H2,1-2H3/t29-/m1/s1. The molecule has 1 atom stereocenters. The van der Waals surface area contributed by atoms with Crippen molar-refractivity contribution in [2.75, 3.05) is 13.2 Å². The summed E-state index contributed by atoms with van der Waals surface area (Å²) in [4.78, 5) is 4.63. The molecule has 0 spiro atoms. The van der Waals surface area contributed by atoms with Crippen LogP contribution in [-0.2, 0) is 25.7 Å². The molecule has 4 heteroatoms. The van der Waals surface area contributed by atoms with E-state index in [0.717, 1.165) is 54.5 Å². The van der Waals surface area contributed by atoms with Crippen LogP contribution in [0, 0.1) is 5.92 Å². The van der Waals surface area contributed by atoms with Crippen molar-refractivity contribution in [1.29, 1.82) is 0 Å². The summed E-state index contributed by atoms with van der Waals surface area (Å²) in [5, 5.41) is 15.8. The Balaban J connectivity index is 1.25. The first-order valence-corrected chi connectivity index (χ1v) is 13.7. The summed E-state index contributed by atoms with van der Waals surface area (Å²) in [5.41, 5.74) is 7.68. The van der Waals surface area contributed by atoms with Gasteiger partial charge in [-0.15, -0.1) is 0 Å². The summed E-state index contributed by atoms with van der Waals surface area (Å²) < 4.78 is 6.25. The molecule has 2 aliphatic rings. The van der Waals surface area contributed by atoms with Gasteiger partial charge in [-0.1, -0.05) is 57.4 Å². The molecule has 35 heavy (non-hydrogen) atoms. The zero-order chi connectivity index (χ0) is 24.2. The molecule has 3 aromatic rings. The van der Waals surface area contributed by atoms with Gasteiger partial charge in [0.1, 0.15) is 11.3 Å². The molecule has 186 valence electrons. The molecule has 0 unspecified atom stereocenters. The Hall–Kier alpha value is -2.43. The van der Waals surface area contributed by atoms with Gasteiger partial charge in [0.05, 0.1) is 12.7 Å². The molecule has 4 nitrogen and oxygen atoms in total. The molecule has 0 saturated heterocycles. The second-order valence-corrected chi connectivity index (χ2v) is 10.5. The van der Waals surface area contributed by atoms with E-state index in [1.807, 2.05) is 24.4 Å². The topological polar surface area (TPSA) is 54.4 Å². The molecule has 0 radical (unpaired) electrons. The quantitative estimate of drug-likeness (QED) is 0.395. The molecular formula is C31H40N2O2. The third-order valence-corrected chi connectivity index (χ3v) is 8.14. The fourth-order valence-electron chi connectivity index (χ4n) is 6.10. The maximum absolute atomic E-state index is 11.2. The van der Waals surface area contributed by atoms with Crippen LogP contribution in [0.1, 0.15) is 79.9 Å². The Labute approximate surface area is 210 Å². The molecule has 1 fully saturated rings. The summed E-state index contributed by atoms with van der Waals surface area (Å²) >= 11 is 0. The van der Waals surface area contributed by atoms with Crippen LogP contribution < -0.4 is 10.1 Å². The summed E-state index contributed by atoms with van der Waals surface area (Å²) in [6.07, 6.45) is 12.0. The predicted molar refractivity (Wildman–Crippen MR) is 143 cm³/mol. The highest BCUT2D eigenvalue weighted by molar-refractivity contribution is 5.87. The van der Waals surface area contributed by atoms with Crippen LogP contribution in [0.3, 0.4) is 0 Å². The molecule has 2 aromatic carbocycles. The molecule has 1 heterocycles. The maximum Gasteiger partial charge on any atom is 0.145 e. The van der Waals surface area contributed by atoms with E-state index in [0.29, 0.717) is 18.5 Å². The first-order valence-electron chi connectivity index (χ1n) is 13.7. The van der Waals surface area contributed by atoms with Crippen LogP contribution in [0.4, 0.5) is 0 Å². The molecule has 1 aromatic heterocycles. The Kier molecular flexibility index (Phi) is 7.69. The number of fused-ring (bicyclic) bond motifs is 2. The van der Waals surface area contributed by atoms with Crippen molar-refractivity contribution in [3.8, 4) is 5.75 Å². The van der Waals surface area contributed by atoms with Crippen LogP contribution in [0.25, 0.3) is 10.9 Å². The molecule has 5 rings (SSSR count). The number of benzene rings is 2. The summed E-state index contributed by atoms with van der Waals surface area (Å²) in [6.45, 7) is 5.78. The predicted octanol–water partition coefficient (Wildman–Crippen LogP) is 6.11. The van der Waals surface area contributed by atoms with Crippen molar-refractivity contribution in [2.45, 2.75) is 83.8 Å². The third kappa shape index (κ3) is 5.39. The third-order valence-electron chi connectivity index (χ3n) is 8.14. The fourth-order valence-corrected chi connectivity index (χ4v) is 6.10. The average Bonchev–Trinajstić information content (AvgIpc) is 3.31. The zero-order valence-electron chi connectivity index (χ0n) is 21.4. The highest BCUT2D eigenvalue weighted by Crippen LogP contribution is 2.32. The van der Waals surface area contributed by atoms with Gasteiger partial charge in [-0.2, -0.15) is 0 Å². The van der Waals surface area contributed by atoms with E-state index in [1.54, 1.807) is 0 Å². The fraction of sp³-hybridized carbons (Fsp3) is 0.516. The Morgan fingerprint density at radius 2 is 1.71 bits per heavy atom. The van der Waals surface area contributed by atoms with Gasteiger partial charge in [-0.05, 0) is 84.4 Å². The number of aryl methyl sites for hydroxylation is 2. The van der Waals surface area contributed by atoms with Crippen molar-refractivity contribution in [1.82, 2.24) is 10.3 Å². The highest BCUT2D eigenvalue weighted by Gasteiger charge is 2.24. The Morgan fingerprint density at radius 1 is 1.00 bits per heavy atom. The van der Waals surface area contributed by atoms with Crippen LogP contribution in [0.15, 0.2) is 42.6 Å². The first kappa shape index (κ1) is 24.3. The SMILES string of the molecule is CCc1cc2c(cc1CC)CC(NC[C@@H](O)c1ccc(OCC3CCCCC3)c3ncccc13)C2. The number of nitrogens with one attached hydrogen (secondary N) is 1. The molecule has 1 saturated carbocycles. The van der Waals surface area contributed by atoms with Crippen molar-refractivity contribution >= 4 is 10.9 Å². The van der Waals surface area contributed by atoms with E-state index in [1.165, 1.54) is 54.4 Å². The lowest BCUT2D eigenvalue weighted by Gasteiger charge is -2.22. The van der Waals surface area contributed by atoms with Gasteiger partial charge in [0.2, 0.25) is 0 Å². The van der Waals surface area contributed by atoms with E-state index < -0.39 is 6.10 Å². The van der Waals surface area contributed by atoms with Crippen LogP contribution in [0.2, 0.25) is 0 Å². The van der Waals surface area contributed by atoms with Crippen LogP contribution in [-0.4, -0.2) is 29.3 Å². The Bertz CT molecular complexity index is 1120. The summed E-state index contributed by atoms with van der Waals surface area (Å²) in [7, 11) is 0. The molecular weight excluding hydrogens is 432 g/mol. The van der Waals surface area contributed by atoms with Crippen LogP contribution in [0.5, 0.6) is 5.75 Å². The monoisotopic (exact) mass is 472 g/mol. The molecule has 0 amide bonds. The van der Waals surface area contributed by atoms with Gasteiger partial charge in [-0.3, -0.25) is 4.98 Å². The first-order chi connectivity index (χ1) is 17.2. The lowest BCUT2D eigenvalue weighted by molar-refractivity contribution is 0.171. The van der Waals surface area contributed by atoms with Gasteiger partial charge < -0.3 is 15.2 Å². The number of nitrogens with zero attached hydrogens (tertiary/aromatic N) is 1. The average molecular weight is 473 g/mol. The highest BCUT2D eigenvalue weighted by atomic mass is 16.5. The normalized spacial score (nSPS) is 17.6. The lowest BCUT2D eigenvalue weighted by Crippen LogP contribution is -2.33. The van der Waals surface area contributed by atoms with Crippen molar-refractivity contribution in [3.05, 3.63) is 70.4 Å².